The first-order valence-electron chi connectivity index (χ1n) is 8.44. The molecule has 0 saturated heterocycles. The monoisotopic (exact) mass is 380 g/mol. The van der Waals surface area contributed by atoms with E-state index in [2.05, 4.69) is 5.16 Å². The van der Waals surface area contributed by atoms with Crippen LogP contribution in [0.25, 0.3) is 0 Å². The van der Waals surface area contributed by atoms with Crippen LogP contribution in [0.2, 0.25) is 0 Å². The highest BCUT2D eigenvalue weighted by molar-refractivity contribution is 6.20. The highest BCUT2D eigenvalue weighted by Crippen LogP contribution is 2.44. The van der Waals surface area contributed by atoms with Gasteiger partial charge in [-0.05, 0) is 25.1 Å². The number of carbonyl (C=O) groups excluding carboxylic acids is 2. The molecule has 0 fully saturated rings. The number of hydrogen-bond acceptors (Lipinski definition) is 7. The molecule has 1 aromatic carbocycles. The van der Waals surface area contributed by atoms with E-state index >= 15 is 0 Å². The smallest absolute Gasteiger partial charge is 0.295 e. The third-order valence-electron chi connectivity index (χ3n) is 4.49. The third kappa shape index (κ3) is 2.66. The number of rotatable bonds is 5. The van der Waals surface area contributed by atoms with Gasteiger partial charge in [0.15, 0.2) is 17.3 Å². The fourth-order valence-electron chi connectivity index (χ4n) is 3.27. The molecule has 0 aliphatic carbocycles. The summed E-state index contributed by atoms with van der Waals surface area (Å²) in [4.78, 5) is 27.2. The molecule has 0 radical (unpaired) electrons. The molecule has 0 unspecified atom stereocenters. The molecule has 1 aliphatic heterocycles. The van der Waals surface area contributed by atoms with Gasteiger partial charge in [-0.2, -0.15) is 0 Å². The van der Waals surface area contributed by atoms with Crippen LogP contribution in [0.5, 0.6) is 5.75 Å². The molecular weight excluding hydrogens is 364 g/mol. The second kappa shape index (κ2) is 6.73. The zero-order valence-electron chi connectivity index (χ0n) is 15.1. The average molecular weight is 380 g/mol. The zero-order valence-corrected chi connectivity index (χ0v) is 15.1. The fourth-order valence-corrected chi connectivity index (χ4v) is 3.27. The van der Waals surface area contributed by atoms with Crippen molar-refractivity contribution >= 4 is 17.5 Å². The first-order chi connectivity index (χ1) is 13.5. The lowest BCUT2D eigenvalue weighted by Crippen LogP contribution is -2.31. The minimum atomic E-state index is -0.967. The Morgan fingerprint density at radius 1 is 1.25 bits per heavy atom. The largest absolute Gasteiger partial charge is 0.503 e. The minimum Gasteiger partial charge on any atom is -0.503 e. The van der Waals surface area contributed by atoms with Crippen LogP contribution in [0.4, 0.5) is 5.82 Å². The highest BCUT2D eigenvalue weighted by atomic mass is 16.5. The first kappa shape index (κ1) is 17.6. The molecule has 28 heavy (non-hydrogen) atoms. The molecular formula is C20H16N2O6. The number of aliphatic hydroxyl groups is 1. The topological polar surface area (TPSA) is 106 Å². The number of furan rings is 1. The van der Waals surface area contributed by atoms with Crippen LogP contribution in [0.15, 0.2) is 69.0 Å². The van der Waals surface area contributed by atoms with E-state index in [-0.39, 0.29) is 17.2 Å². The summed E-state index contributed by atoms with van der Waals surface area (Å²) in [6.45, 7) is 1.68. The molecule has 8 heteroatoms. The summed E-state index contributed by atoms with van der Waals surface area (Å²) in [7, 11) is 1.48. The van der Waals surface area contributed by atoms with Gasteiger partial charge < -0.3 is 18.8 Å². The number of carbonyl (C=O) groups is 2. The number of anilines is 1. The van der Waals surface area contributed by atoms with Crippen molar-refractivity contribution in [3.63, 3.8) is 0 Å². The van der Waals surface area contributed by atoms with Crippen LogP contribution in [0.3, 0.4) is 0 Å². The SMILES string of the molecule is COc1ccccc1[C@H]1C(C(=O)c2ccco2)=C(O)C(=O)N1c1cc(C)on1. The molecule has 0 saturated carbocycles. The Labute approximate surface area is 159 Å². The Hall–Kier alpha value is -3.81. The molecule has 4 rings (SSSR count). The second-order valence-electron chi connectivity index (χ2n) is 6.18. The maximum atomic E-state index is 13.1. The quantitative estimate of drug-likeness (QED) is 0.676. The van der Waals surface area contributed by atoms with Gasteiger partial charge >= 0.3 is 0 Å². The predicted molar refractivity (Wildman–Crippen MR) is 97.2 cm³/mol. The second-order valence-corrected chi connectivity index (χ2v) is 6.18. The predicted octanol–water partition coefficient (Wildman–Crippen LogP) is 3.37. The number of Topliss-reactive ketones (excluding diaryl/α,β-unsaturated/α-hetero) is 1. The third-order valence-corrected chi connectivity index (χ3v) is 4.49. The average Bonchev–Trinajstić information content (AvgIpc) is 3.43. The molecule has 8 nitrogen and oxygen atoms in total. The Morgan fingerprint density at radius 2 is 2.04 bits per heavy atom. The molecule has 0 spiro atoms. The number of hydrogen-bond donors (Lipinski definition) is 1. The summed E-state index contributed by atoms with van der Waals surface area (Å²) in [5, 5.41) is 14.5. The van der Waals surface area contributed by atoms with E-state index in [1.807, 2.05) is 0 Å². The van der Waals surface area contributed by atoms with E-state index in [1.54, 1.807) is 43.3 Å². The van der Waals surface area contributed by atoms with Crippen LogP contribution in [-0.2, 0) is 4.79 Å². The van der Waals surface area contributed by atoms with Gasteiger partial charge in [0.2, 0.25) is 5.78 Å². The summed E-state index contributed by atoms with van der Waals surface area (Å²) in [6.07, 6.45) is 1.35. The van der Waals surface area contributed by atoms with Crippen LogP contribution in [0.1, 0.15) is 27.9 Å². The van der Waals surface area contributed by atoms with Crippen molar-refractivity contribution in [1.82, 2.24) is 5.16 Å². The lowest BCUT2D eigenvalue weighted by molar-refractivity contribution is -0.117. The molecule has 1 amide bonds. The Balaban J connectivity index is 1.92. The Bertz CT molecular complexity index is 1080. The maximum Gasteiger partial charge on any atom is 0.295 e. The van der Waals surface area contributed by atoms with Crippen molar-refractivity contribution in [1.29, 1.82) is 0 Å². The highest BCUT2D eigenvalue weighted by Gasteiger charge is 2.47. The number of ketones is 1. The van der Waals surface area contributed by atoms with Crippen molar-refractivity contribution < 1.29 is 28.4 Å². The lowest BCUT2D eigenvalue weighted by atomic mass is 9.94. The van der Waals surface area contributed by atoms with Gasteiger partial charge in [-0.3, -0.25) is 14.5 Å². The van der Waals surface area contributed by atoms with Gasteiger partial charge in [0.1, 0.15) is 17.6 Å². The molecule has 1 atom stereocenters. The molecule has 2 aromatic heterocycles. The van der Waals surface area contributed by atoms with Gasteiger partial charge in [0.25, 0.3) is 5.91 Å². The number of methoxy groups -OCH3 is 1. The number of aromatic nitrogens is 1. The number of benzene rings is 1. The molecule has 3 aromatic rings. The summed E-state index contributed by atoms with van der Waals surface area (Å²) in [6, 6.07) is 10.5. The van der Waals surface area contributed by atoms with Crippen molar-refractivity contribution in [2.75, 3.05) is 12.0 Å². The Morgan fingerprint density at radius 3 is 2.68 bits per heavy atom. The van der Waals surface area contributed by atoms with Crippen LogP contribution in [0, 0.1) is 6.92 Å². The van der Waals surface area contributed by atoms with E-state index in [1.165, 1.54) is 24.3 Å². The summed E-state index contributed by atoms with van der Waals surface area (Å²) in [5.41, 5.74) is 0.392. The van der Waals surface area contributed by atoms with E-state index in [0.717, 1.165) is 0 Å². The number of aryl methyl sites for hydroxylation is 1. The molecule has 142 valence electrons. The van der Waals surface area contributed by atoms with E-state index < -0.39 is 23.5 Å². The van der Waals surface area contributed by atoms with Gasteiger partial charge in [-0.25, -0.2) is 0 Å². The lowest BCUT2D eigenvalue weighted by Gasteiger charge is -2.25. The van der Waals surface area contributed by atoms with Crippen molar-refractivity contribution in [3.8, 4) is 5.75 Å². The first-order valence-corrected chi connectivity index (χ1v) is 8.44. The summed E-state index contributed by atoms with van der Waals surface area (Å²) in [5.74, 6) is -0.928. The number of amides is 1. The number of aliphatic hydroxyl groups excluding tert-OH is 1. The van der Waals surface area contributed by atoms with Gasteiger partial charge in [0, 0.05) is 11.6 Å². The van der Waals surface area contributed by atoms with Crippen LogP contribution >= 0.6 is 0 Å². The van der Waals surface area contributed by atoms with Gasteiger partial charge in [0.05, 0.1) is 18.9 Å². The standard InChI is InChI=1S/C20H16N2O6/c1-11-10-15(21-28-11)22-17(12-6-3-4-7-13(12)26-2)16(19(24)20(22)25)18(23)14-8-5-9-27-14/h3-10,17,24H,1-2H3/t17-/m0/s1. The van der Waals surface area contributed by atoms with Crippen molar-refractivity contribution in [2.24, 2.45) is 0 Å². The van der Waals surface area contributed by atoms with Crippen molar-refractivity contribution in [3.05, 3.63) is 77.1 Å². The van der Waals surface area contributed by atoms with E-state index in [0.29, 0.717) is 17.1 Å². The molecule has 0 bridgehead atoms. The van der Waals surface area contributed by atoms with E-state index in [4.69, 9.17) is 13.7 Å². The number of ether oxygens (including phenoxy) is 1. The molecule has 1 aliphatic rings. The normalized spacial score (nSPS) is 16.7. The number of nitrogens with zero attached hydrogens (tertiary/aromatic N) is 2. The van der Waals surface area contributed by atoms with Crippen LogP contribution < -0.4 is 9.64 Å². The summed E-state index contributed by atoms with van der Waals surface area (Å²) < 4.78 is 15.7. The fraction of sp³-hybridized carbons (Fsp3) is 0.150. The Kier molecular flexibility index (Phi) is 4.23. The zero-order chi connectivity index (χ0) is 19.8. The maximum absolute atomic E-state index is 13.1. The summed E-state index contributed by atoms with van der Waals surface area (Å²) >= 11 is 0. The van der Waals surface area contributed by atoms with Gasteiger partial charge in [-0.15, -0.1) is 0 Å². The van der Waals surface area contributed by atoms with Crippen molar-refractivity contribution in [2.45, 2.75) is 13.0 Å². The van der Waals surface area contributed by atoms with Crippen LogP contribution in [-0.4, -0.2) is 29.1 Å². The molecule has 3 heterocycles. The van der Waals surface area contributed by atoms with Gasteiger partial charge in [-0.1, -0.05) is 23.4 Å². The number of para-hydroxylation sites is 1. The van der Waals surface area contributed by atoms with E-state index in [9.17, 15) is 14.7 Å². The minimum absolute atomic E-state index is 0.00688. The molecule has 1 N–H and O–H groups in total.